The van der Waals surface area contributed by atoms with E-state index in [0.717, 1.165) is 5.01 Å². The van der Waals surface area contributed by atoms with E-state index in [4.69, 9.17) is 18.0 Å². The first-order valence-electron chi connectivity index (χ1n) is 5.88. The number of thiazole rings is 1. The first-order chi connectivity index (χ1) is 9.40. The molecule has 0 saturated heterocycles. The predicted octanol–water partition coefficient (Wildman–Crippen LogP) is 1.84. The average Bonchev–Trinajstić information content (AvgIpc) is 2.93. The number of carbonyl (C=O) groups is 1. The number of hydrogen-bond acceptors (Lipinski definition) is 5. The van der Waals surface area contributed by atoms with Gasteiger partial charge >= 0.3 is 0 Å². The van der Waals surface area contributed by atoms with Crippen molar-refractivity contribution in [2.45, 2.75) is 19.4 Å². The highest BCUT2D eigenvalue weighted by molar-refractivity contribution is 7.80. The van der Waals surface area contributed by atoms with Crippen LogP contribution in [0.2, 0.25) is 0 Å². The Hall–Kier alpha value is -1.86. The van der Waals surface area contributed by atoms with Crippen molar-refractivity contribution < 1.29 is 4.79 Å². The Bertz CT molecular complexity index is 620. The Morgan fingerprint density at radius 2 is 2.15 bits per heavy atom. The number of amides is 1. The quantitative estimate of drug-likeness (QED) is 0.842. The van der Waals surface area contributed by atoms with Crippen molar-refractivity contribution in [2.75, 3.05) is 0 Å². The van der Waals surface area contributed by atoms with E-state index < -0.39 is 5.54 Å². The number of pyridine rings is 1. The fraction of sp³-hybridized carbons (Fsp3) is 0.231. The van der Waals surface area contributed by atoms with Gasteiger partial charge in [0, 0.05) is 23.3 Å². The van der Waals surface area contributed by atoms with E-state index in [0.29, 0.717) is 11.3 Å². The van der Waals surface area contributed by atoms with Crippen molar-refractivity contribution >= 4 is 34.5 Å². The minimum Gasteiger partial charge on any atom is -0.389 e. The summed E-state index contributed by atoms with van der Waals surface area (Å²) >= 11 is 6.34. The van der Waals surface area contributed by atoms with Crippen LogP contribution in [0.3, 0.4) is 0 Å². The lowest BCUT2D eigenvalue weighted by molar-refractivity contribution is 0.0907. The molecule has 3 N–H and O–H groups in total. The molecule has 7 heteroatoms. The monoisotopic (exact) mass is 306 g/mol. The number of rotatable bonds is 4. The molecular formula is C13H14N4OS2. The smallest absolute Gasteiger partial charge is 0.270 e. The Kier molecular flexibility index (Phi) is 4.10. The number of hydrogen-bond donors (Lipinski definition) is 2. The van der Waals surface area contributed by atoms with Crippen LogP contribution in [-0.2, 0) is 5.54 Å². The zero-order valence-corrected chi connectivity index (χ0v) is 12.7. The van der Waals surface area contributed by atoms with Gasteiger partial charge in [0.25, 0.3) is 5.91 Å². The van der Waals surface area contributed by atoms with Crippen LogP contribution in [0.4, 0.5) is 0 Å². The number of nitrogens with zero attached hydrogens (tertiary/aromatic N) is 2. The van der Waals surface area contributed by atoms with Gasteiger partial charge in [-0.05, 0) is 26.0 Å². The van der Waals surface area contributed by atoms with Crippen molar-refractivity contribution in [2.24, 2.45) is 5.73 Å². The topological polar surface area (TPSA) is 80.9 Å². The summed E-state index contributed by atoms with van der Waals surface area (Å²) in [6.07, 6.45) is 3.21. The van der Waals surface area contributed by atoms with Crippen LogP contribution < -0.4 is 11.1 Å². The molecule has 2 heterocycles. The standard InChI is InChI=1S/C13H14N4OS2/c1-13(2,12-15-5-6-20-12)17-11(18)9-4-3-8(7-16-9)10(14)19/h3-7H,1-2H3,(H2,14,19)(H,17,18). The zero-order valence-electron chi connectivity index (χ0n) is 11.1. The van der Waals surface area contributed by atoms with Gasteiger partial charge in [-0.25, -0.2) is 4.98 Å². The summed E-state index contributed by atoms with van der Waals surface area (Å²) in [6, 6.07) is 3.28. The second-order valence-corrected chi connectivity index (χ2v) is 6.05. The first-order valence-corrected chi connectivity index (χ1v) is 7.17. The molecule has 0 aliphatic rings. The molecule has 0 aliphatic carbocycles. The van der Waals surface area contributed by atoms with Crippen LogP contribution in [0.5, 0.6) is 0 Å². The second-order valence-electron chi connectivity index (χ2n) is 4.71. The van der Waals surface area contributed by atoms with Crippen molar-refractivity contribution in [3.8, 4) is 0 Å². The maximum absolute atomic E-state index is 12.2. The molecule has 0 fully saturated rings. The molecular weight excluding hydrogens is 292 g/mol. The normalized spacial score (nSPS) is 11.1. The van der Waals surface area contributed by atoms with Crippen LogP contribution >= 0.6 is 23.6 Å². The number of carbonyl (C=O) groups excluding carboxylic acids is 1. The molecule has 2 aromatic rings. The average molecular weight is 306 g/mol. The van der Waals surface area contributed by atoms with Gasteiger partial charge in [-0.2, -0.15) is 0 Å². The van der Waals surface area contributed by atoms with E-state index in [-0.39, 0.29) is 10.9 Å². The van der Waals surface area contributed by atoms with E-state index in [1.807, 2.05) is 19.2 Å². The molecule has 0 aromatic carbocycles. The summed E-state index contributed by atoms with van der Waals surface area (Å²) in [6.45, 7) is 3.79. The second kappa shape index (κ2) is 5.64. The molecule has 20 heavy (non-hydrogen) atoms. The van der Waals surface area contributed by atoms with E-state index in [1.165, 1.54) is 17.5 Å². The van der Waals surface area contributed by atoms with Gasteiger partial charge in [0.1, 0.15) is 15.7 Å². The SMILES string of the molecule is CC(C)(NC(=O)c1ccc(C(N)=S)cn1)c1nccs1. The minimum absolute atomic E-state index is 0.257. The molecule has 0 unspecified atom stereocenters. The first kappa shape index (κ1) is 14.5. The summed E-state index contributed by atoms with van der Waals surface area (Å²) in [4.78, 5) is 20.7. The van der Waals surface area contributed by atoms with Crippen molar-refractivity contribution in [3.05, 3.63) is 46.2 Å². The summed E-state index contributed by atoms with van der Waals surface area (Å²) in [5.74, 6) is -0.264. The molecule has 1 amide bonds. The molecule has 0 radical (unpaired) electrons. The molecule has 0 aliphatic heterocycles. The summed E-state index contributed by atoms with van der Waals surface area (Å²) in [7, 11) is 0. The highest BCUT2D eigenvalue weighted by Gasteiger charge is 2.26. The molecule has 2 aromatic heterocycles. The molecule has 0 saturated carbocycles. The van der Waals surface area contributed by atoms with Crippen LogP contribution in [0.1, 0.15) is 34.9 Å². The van der Waals surface area contributed by atoms with E-state index in [2.05, 4.69) is 15.3 Å². The largest absolute Gasteiger partial charge is 0.389 e. The summed E-state index contributed by atoms with van der Waals surface area (Å²) in [5, 5.41) is 5.62. The third-order valence-electron chi connectivity index (χ3n) is 2.67. The number of thiocarbonyl (C=S) groups is 1. The maximum atomic E-state index is 12.2. The highest BCUT2D eigenvalue weighted by Crippen LogP contribution is 2.22. The van der Waals surface area contributed by atoms with Crippen LogP contribution in [-0.4, -0.2) is 20.9 Å². The van der Waals surface area contributed by atoms with Crippen LogP contribution in [0.25, 0.3) is 0 Å². The molecule has 0 bridgehead atoms. The Labute approximate surface area is 126 Å². The summed E-state index contributed by atoms with van der Waals surface area (Å²) < 4.78 is 0. The minimum atomic E-state index is -0.547. The summed E-state index contributed by atoms with van der Waals surface area (Å²) in [5.41, 5.74) is 5.89. The molecule has 5 nitrogen and oxygen atoms in total. The zero-order chi connectivity index (χ0) is 14.8. The number of nitrogens with two attached hydrogens (primary N) is 1. The van der Waals surface area contributed by atoms with E-state index >= 15 is 0 Å². The molecule has 0 spiro atoms. The van der Waals surface area contributed by atoms with E-state index in [9.17, 15) is 4.79 Å². The fourth-order valence-corrected chi connectivity index (χ4v) is 2.45. The number of nitrogens with one attached hydrogen (secondary N) is 1. The van der Waals surface area contributed by atoms with Gasteiger partial charge < -0.3 is 11.1 Å². The predicted molar refractivity (Wildman–Crippen MR) is 82.7 cm³/mol. The van der Waals surface area contributed by atoms with Crippen molar-refractivity contribution in [1.82, 2.24) is 15.3 Å². The van der Waals surface area contributed by atoms with Crippen molar-refractivity contribution in [1.29, 1.82) is 0 Å². The third-order valence-corrected chi connectivity index (χ3v) is 4.01. The van der Waals surface area contributed by atoms with Gasteiger partial charge in [0.05, 0.1) is 5.54 Å². The molecule has 2 rings (SSSR count). The third kappa shape index (κ3) is 3.17. The Morgan fingerprint density at radius 3 is 2.65 bits per heavy atom. The lowest BCUT2D eigenvalue weighted by Crippen LogP contribution is -2.41. The Morgan fingerprint density at radius 1 is 1.40 bits per heavy atom. The lowest BCUT2D eigenvalue weighted by atomic mass is 10.1. The fourth-order valence-electron chi connectivity index (χ4n) is 1.61. The number of aromatic nitrogens is 2. The maximum Gasteiger partial charge on any atom is 0.270 e. The van der Waals surface area contributed by atoms with E-state index in [1.54, 1.807) is 18.3 Å². The molecule has 104 valence electrons. The van der Waals surface area contributed by atoms with Crippen LogP contribution in [0.15, 0.2) is 29.9 Å². The highest BCUT2D eigenvalue weighted by atomic mass is 32.1. The van der Waals surface area contributed by atoms with Gasteiger partial charge in [-0.15, -0.1) is 11.3 Å². The van der Waals surface area contributed by atoms with Crippen molar-refractivity contribution in [3.63, 3.8) is 0 Å². The van der Waals surface area contributed by atoms with Gasteiger partial charge in [-0.1, -0.05) is 12.2 Å². The van der Waals surface area contributed by atoms with Crippen LogP contribution in [0, 0.1) is 0 Å². The van der Waals surface area contributed by atoms with Gasteiger partial charge in [-0.3, -0.25) is 9.78 Å². The van der Waals surface area contributed by atoms with Gasteiger partial charge in [0.15, 0.2) is 0 Å². The lowest BCUT2D eigenvalue weighted by Gasteiger charge is -2.23. The van der Waals surface area contributed by atoms with Gasteiger partial charge in [0.2, 0.25) is 0 Å². The Balaban J connectivity index is 2.14. The molecule has 0 atom stereocenters.